The number of ether oxygens (including phenoxy) is 4. The molecule has 0 radical (unpaired) electrons. The lowest BCUT2D eigenvalue weighted by Gasteiger charge is -2.28. The first-order chi connectivity index (χ1) is 9.28. The predicted molar refractivity (Wildman–Crippen MR) is 71.9 cm³/mol. The van der Waals surface area contributed by atoms with Crippen molar-refractivity contribution in [3.63, 3.8) is 0 Å². The number of benzene rings is 1. The Labute approximate surface area is 113 Å². The highest BCUT2D eigenvalue weighted by atomic mass is 16.6. The molecule has 106 valence electrons. The number of rotatable bonds is 7. The molecule has 1 heterocycles. The lowest BCUT2D eigenvalue weighted by Crippen LogP contribution is -2.38. The molecule has 1 unspecified atom stereocenters. The van der Waals surface area contributed by atoms with Crippen LogP contribution in [0.3, 0.4) is 0 Å². The molecule has 0 spiro atoms. The van der Waals surface area contributed by atoms with Gasteiger partial charge in [-0.15, -0.1) is 0 Å². The van der Waals surface area contributed by atoms with Crippen LogP contribution in [0.25, 0.3) is 0 Å². The number of methoxy groups -OCH3 is 2. The number of nitrogens with one attached hydrogen (secondary N) is 1. The van der Waals surface area contributed by atoms with E-state index in [1.54, 1.807) is 14.2 Å². The molecular formula is C14H21NO4. The van der Waals surface area contributed by atoms with Gasteiger partial charge in [0.15, 0.2) is 0 Å². The van der Waals surface area contributed by atoms with Crippen LogP contribution < -0.4 is 14.8 Å². The average molecular weight is 267 g/mol. The Bertz CT molecular complexity index is 406. The molecule has 1 aromatic rings. The Balaban J connectivity index is 2.10. The van der Waals surface area contributed by atoms with Crippen LogP contribution in [-0.2, 0) is 9.47 Å². The van der Waals surface area contributed by atoms with Crippen molar-refractivity contribution in [2.45, 2.75) is 12.1 Å². The first-order valence-electron chi connectivity index (χ1n) is 6.37. The fourth-order valence-corrected chi connectivity index (χ4v) is 1.98. The van der Waals surface area contributed by atoms with Gasteiger partial charge in [-0.25, -0.2) is 0 Å². The molecule has 1 fully saturated rings. The molecule has 1 atom stereocenters. The van der Waals surface area contributed by atoms with E-state index in [9.17, 15) is 0 Å². The SMILES string of the molecule is CNC(COC1COC1)c1cc(OC)ccc1OC. The van der Waals surface area contributed by atoms with Crippen molar-refractivity contribution in [1.82, 2.24) is 5.32 Å². The summed E-state index contributed by atoms with van der Waals surface area (Å²) in [7, 11) is 5.23. The van der Waals surface area contributed by atoms with Gasteiger partial charge in [0, 0.05) is 5.56 Å². The van der Waals surface area contributed by atoms with E-state index >= 15 is 0 Å². The van der Waals surface area contributed by atoms with Gasteiger partial charge in [0.2, 0.25) is 0 Å². The van der Waals surface area contributed by atoms with Crippen LogP contribution in [0, 0.1) is 0 Å². The van der Waals surface area contributed by atoms with E-state index in [1.165, 1.54) is 0 Å². The Kier molecular flexibility index (Phi) is 5.01. The monoisotopic (exact) mass is 267 g/mol. The van der Waals surface area contributed by atoms with Gasteiger partial charge in [0.05, 0.1) is 40.1 Å². The molecular weight excluding hydrogens is 246 g/mol. The quantitative estimate of drug-likeness (QED) is 0.809. The van der Waals surface area contributed by atoms with Crippen molar-refractivity contribution in [3.05, 3.63) is 23.8 Å². The molecule has 1 N–H and O–H groups in total. The van der Waals surface area contributed by atoms with Crippen molar-refractivity contribution >= 4 is 0 Å². The van der Waals surface area contributed by atoms with E-state index in [0.717, 1.165) is 17.1 Å². The third kappa shape index (κ3) is 3.37. The van der Waals surface area contributed by atoms with Crippen molar-refractivity contribution in [1.29, 1.82) is 0 Å². The van der Waals surface area contributed by atoms with Crippen LogP contribution in [0.1, 0.15) is 11.6 Å². The molecule has 0 amide bonds. The fraction of sp³-hybridized carbons (Fsp3) is 0.571. The van der Waals surface area contributed by atoms with Gasteiger partial charge in [-0.2, -0.15) is 0 Å². The fourth-order valence-electron chi connectivity index (χ4n) is 1.98. The third-order valence-corrected chi connectivity index (χ3v) is 3.27. The molecule has 0 aliphatic carbocycles. The molecule has 1 aliphatic rings. The van der Waals surface area contributed by atoms with E-state index in [1.807, 2.05) is 25.2 Å². The van der Waals surface area contributed by atoms with E-state index in [2.05, 4.69) is 5.32 Å². The topological polar surface area (TPSA) is 49.0 Å². The molecule has 0 bridgehead atoms. The molecule has 0 aromatic heterocycles. The van der Waals surface area contributed by atoms with E-state index in [4.69, 9.17) is 18.9 Å². The summed E-state index contributed by atoms with van der Waals surface area (Å²) in [6.45, 7) is 1.95. The van der Waals surface area contributed by atoms with Gasteiger partial charge in [-0.3, -0.25) is 0 Å². The zero-order valence-electron chi connectivity index (χ0n) is 11.6. The largest absolute Gasteiger partial charge is 0.497 e. The molecule has 5 heteroatoms. The number of hydrogen-bond donors (Lipinski definition) is 1. The van der Waals surface area contributed by atoms with Crippen LogP contribution in [0.4, 0.5) is 0 Å². The summed E-state index contributed by atoms with van der Waals surface area (Å²) in [4.78, 5) is 0. The summed E-state index contributed by atoms with van der Waals surface area (Å²) in [5, 5.41) is 3.25. The van der Waals surface area contributed by atoms with Gasteiger partial charge < -0.3 is 24.3 Å². The van der Waals surface area contributed by atoms with Gasteiger partial charge in [-0.1, -0.05) is 0 Å². The molecule has 2 rings (SSSR count). The van der Waals surface area contributed by atoms with Crippen molar-refractivity contribution in [2.75, 3.05) is 41.1 Å². The lowest BCUT2D eigenvalue weighted by atomic mass is 10.1. The van der Waals surface area contributed by atoms with E-state index in [-0.39, 0.29) is 12.1 Å². The van der Waals surface area contributed by atoms with Crippen molar-refractivity contribution < 1.29 is 18.9 Å². The van der Waals surface area contributed by atoms with E-state index < -0.39 is 0 Å². The zero-order valence-corrected chi connectivity index (χ0v) is 11.6. The van der Waals surface area contributed by atoms with Gasteiger partial charge in [0.25, 0.3) is 0 Å². The maximum absolute atomic E-state index is 5.77. The average Bonchev–Trinajstić information content (AvgIpc) is 2.41. The zero-order chi connectivity index (χ0) is 13.7. The Hall–Kier alpha value is -1.30. The molecule has 1 saturated heterocycles. The highest BCUT2D eigenvalue weighted by Gasteiger charge is 2.22. The summed E-state index contributed by atoms with van der Waals surface area (Å²) < 4.78 is 21.5. The second-order valence-electron chi connectivity index (χ2n) is 4.44. The standard InChI is InChI=1S/C14H21NO4/c1-15-13(9-19-11-7-18-8-11)12-6-10(16-2)4-5-14(12)17-3/h4-6,11,13,15H,7-9H2,1-3H3. The highest BCUT2D eigenvalue weighted by Crippen LogP contribution is 2.29. The van der Waals surface area contributed by atoms with Crippen LogP contribution in [-0.4, -0.2) is 47.2 Å². The van der Waals surface area contributed by atoms with Crippen LogP contribution in [0.5, 0.6) is 11.5 Å². The minimum Gasteiger partial charge on any atom is -0.497 e. The van der Waals surface area contributed by atoms with Crippen LogP contribution in [0.2, 0.25) is 0 Å². The first kappa shape index (κ1) is 14.1. The maximum Gasteiger partial charge on any atom is 0.123 e. The number of hydrogen-bond acceptors (Lipinski definition) is 5. The summed E-state index contributed by atoms with van der Waals surface area (Å²) in [6, 6.07) is 5.83. The Morgan fingerprint density at radius 2 is 2.11 bits per heavy atom. The normalized spacial score (nSPS) is 16.8. The Morgan fingerprint density at radius 1 is 1.32 bits per heavy atom. The Morgan fingerprint density at radius 3 is 2.63 bits per heavy atom. The van der Waals surface area contributed by atoms with Crippen molar-refractivity contribution in [3.8, 4) is 11.5 Å². The first-order valence-corrected chi connectivity index (χ1v) is 6.37. The molecule has 0 saturated carbocycles. The van der Waals surface area contributed by atoms with E-state index in [0.29, 0.717) is 19.8 Å². The number of likely N-dealkylation sites (N-methyl/N-ethyl adjacent to an activating group) is 1. The summed E-state index contributed by atoms with van der Waals surface area (Å²) >= 11 is 0. The van der Waals surface area contributed by atoms with Gasteiger partial charge in [0.1, 0.15) is 17.6 Å². The second kappa shape index (κ2) is 6.75. The molecule has 19 heavy (non-hydrogen) atoms. The van der Waals surface area contributed by atoms with Gasteiger partial charge >= 0.3 is 0 Å². The summed E-state index contributed by atoms with van der Waals surface area (Å²) in [5.41, 5.74) is 1.03. The highest BCUT2D eigenvalue weighted by molar-refractivity contribution is 5.42. The summed E-state index contributed by atoms with van der Waals surface area (Å²) in [5.74, 6) is 1.64. The minimum atomic E-state index is 0.0608. The van der Waals surface area contributed by atoms with Crippen molar-refractivity contribution in [2.24, 2.45) is 0 Å². The minimum absolute atomic E-state index is 0.0608. The second-order valence-corrected chi connectivity index (χ2v) is 4.44. The van der Waals surface area contributed by atoms with Gasteiger partial charge in [-0.05, 0) is 25.2 Å². The smallest absolute Gasteiger partial charge is 0.123 e. The third-order valence-electron chi connectivity index (χ3n) is 3.27. The van der Waals surface area contributed by atoms with Crippen LogP contribution in [0.15, 0.2) is 18.2 Å². The molecule has 1 aromatic carbocycles. The molecule has 5 nitrogen and oxygen atoms in total. The summed E-state index contributed by atoms with van der Waals surface area (Å²) in [6.07, 6.45) is 0.215. The van der Waals surface area contributed by atoms with Crippen LogP contribution >= 0.6 is 0 Å². The maximum atomic E-state index is 5.77. The molecule has 1 aliphatic heterocycles. The lowest BCUT2D eigenvalue weighted by molar-refractivity contribution is -0.133. The predicted octanol–water partition coefficient (Wildman–Crippen LogP) is 1.38.